The van der Waals surface area contributed by atoms with Crippen LogP contribution in [0.4, 0.5) is 13.2 Å². The molecule has 6 heteroatoms. The van der Waals surface area contributed by atoms with Crippen LogP contribution in [0.3, 0.4) is 0 Å². The van der Waals surface area contributed by atoms with E-state index in [4.69, 9.17) is 0 Å². The lowest BCUT2D eigenvalue weighted by Crippen LogP contribution is -2.25. The van der Waals surface area contributed by atoms with Gasteiger partial charge in [0.15, 0.2) is 5.78 Å². The first-order chi connectivity index (χ1) is 8.92. The molecule has 0 spiro atoms. The maximum atomic E-state index is 11.9. The van der Waals surface area contributed by atoms with Crippen molar-refractivity contribution in [3.05, 3.63) is 29.8 Å². The summed E-state index contributed by atoms with van der Waals surface area (Å²) in [5, 5.41) is 3.10. The van der Waals surface area contributed by atoms with Gasteiger partial charge in [-0.15, -0.1) is 13.2 Å². The Hall–Kier alpha value is -1.56. The summed E-state index contributed by atoms with van der Waals surface area (Å²) in [5.74, 6) is -0.254. The second-order valence-electron chi connectivity index (χ2n) is 4.56. The molecule has 3 nitrogen and oxygen atoms in total. The highest BCUT2D eigenvalue weighted by molar-refractivity contribution is 5.82. The number of nitrogens with one attached hydrogen (secondary N) is 1. The summed E-state index contributed by atoms with van der Waals surface area (Å²) in [7, 11) is 0. The quantitative estimate of drug-likeness (QED) is 0.865. The SMILES string of the molecule is O=C(CNC1CC1)Cc1ccc(OC(F)(F)F)cc1. The predicted octanol–water partition coefficient (Wildman–Crippen LogP) is 2.45. The fourth-order valence-electron chi connectivity index (χ4n) is 1.64. The van der Waals surface area contributed by atoms with Crippen LogP contribution in [0.25, 0.3) is 0 Å². The first kappa shape index (κ1) is 13.9. The summed E-state index contributed by atoms with van der Waals surface area (Å²) in [6.45, 7) is 0.311. The second kappa shape index (κ2) is 5.61. The van der Waals surface area contributed by atoms with Crippen LogP contribution >= 0.6 is 0 Å². The zero-order chi connectivity index (χ0) is 13.9. The van der Waals surface area contributed by atoms with Crippen molar-refractivity contribution < 1.29 is 22.7 Å². The van der Waals surface area contributed by atoms with Crippen LogP contribution in [0.1, 0.15) is 18.4 Å². The van der Waals surface area contributed by atoms with Crippen molar-refractivity contribution in [3.63, 3.8) is 0 Å². The fourth-order valence-corrected chi connectivity index (χ4v) is 1.64. The number of Topliss-reactive ketones (excluding diaryl/α,β-unsaturated/α-hetero) is 1. The van der Waals surface area contributed by atoms with E-state index in [9.17, 15) is 18.0 Å². The maximum absolute atomic E-state index is 11.9. The van der Waals surface area contributed by atoms with Gasteiger partial charge >= 0.3 is 6.36 Å². The summed E-state index contributed by atoms with van der Waals surface area (Å²) in [5.41, 5.74) is 0.678. The molecule has 1 saturated carbocycles. The lowest BCUT2D eigenvalue weighted by Gasteiger charge is -2.09. The number of rotatable bonds is 6. The standard InChI is InChI=1S/C13H14F3NO2/c14-13(15,16)19-12-5-1-9(2-6-12)7-11(18)8-17-10-3-4-10/h1-2,5-6,10,17H,3-4,7-8H2. The lowest BCUT2D eigenvalue weighted by atomic mass is 10.1. The van der Waals surface area contributed by atoms with Crippen LogP contribution in [0.15, 0.2) is 24.3 Å². The number of carbonyl (C=O) groups is 1. The van der Waals surface area contributed by atoms with E-state index in [1.165, 1.54) is 24.3 Å². The molecule has 1 aliphatic rings. The largest absolute Gasteiger partial charge is 0.573 e. The lowest BCUT2D eigenvalue weighted by molar-refractivity contribution is -0.274. The summed E-state index contributed by atoms with van der Waals surface area (Å²) < 4.78 is 39.6. The Morgan fingerprint density at radius 1 is 1.26 bits per heavy atom. The van der Waals surface area contributed by atoms with Crippen molar-refractivity contribution in [1.82, 2.24) is 5.32 Å². The van der Waals surface area contributed by atoms with E-state index in [0.29, 0.717) is 18.2 Å². The van der Waals surface area contributed by atoms with Crippen molar-refractivity contribution in [2.45, 2.75) is 31.7 Å². The van der Waals surface area contributed by atoms with Crippen molar-refractivity contribution in [1.29, 1.82) is 0 Å². The number of hydrogen-bond donors (Lipinski definition) is 1. The number of hydrogen-bond acceptors (Lipinski definition) is 3. The van der Waals surface area contributed by atoms with Gasteiger partial charge in [0.05, 0.1) is 6.54 Å². The van der Waals surface area contributed by atoms with Gasteiger partial charge in [0, 0.05) is 12.5 Å². The van der Waals surface area contributed by atoms with Crippen LogP contribution in [-0.4, -0.2) is 24.7 Å². The third-order valence-corrected chi connectivity index (χ3v) is 2.72. The van der Waals surface area contributed by atoms with Gasteiger partial charge < -0.3 is 10.1 Å². The third-order valence-electron chi connectivity index (χ3n) is 2.72. The Morgan fingerprint density at radius 3 is 2.42 bits per heavy atom. The average molecular weight is 273 g/mol. The Kier molecular flexibility index (Phi) is 4.09. The van der Waals surface area contributed by atoms with Crippen LogP contribution < -0.4 is 10.1 Å². The molecule has 1 N–H and O–H groups in total. The molecule has 1 aromatic carbocycles. The van der Waals surface area contributed by atoms with Gasteiger partial charge in [-0.25, -0.2) is 0 Å². The van der Waals surface area contributed by atoms with Gasteiger partial charge in [-0.1, -0.05) is 12.1 Å². The molecule has 0 unspecified atom stereocenters. The van der Waals surface area contributed by atoms with Crippen molar-refractivity contribution in [2.24, 2.45) is 0 Å². The van der Waals surface area contributed by atoms with E-state index in [-0.39, 0.29) is 18.0 Å². The van der Waals surface area contributed by atoms with Gasteiger partial charge in [-0.2, -0.15) is 0 Å². The van der Waals surface area contributed by atoms with Gasteiger partial charge in [0.1, 0.15) is 5.75 Å². The Bertz CT molecular complexity index is 438. The molecule has 0 radical (unpaired) electrons. The highest BCUT2D eigenvalue weighted by atomic mass is 19.4. The number of carbonyl (C=O) groups excluding carboxylic acids is 1. The molecule has 0 aromatic heterocycles. The molecule has 1 aromatic rings. The first-order valence-corrected chi connectivity index (χ1v) is 6.02. The molecule has 0 heterocycles. The minimum Gasteiger partial charge on any atom is -0.406 e. The van der Waals surface area contributed by atoms with E-state index < -0.39 is 6.36 Å². The second-order valence-corrected chi connectivity index (χ2v) is 4.56. The van der Waals surface area contributed by atoms with Crippen molar-refractivity contribution >= 4 is 5.78 Å². The fraction of sp³-hybridized carbons (Fsp3) is 0.462. The van der Waals surface area contributed by atoms with E-state index in [0.717, 1.165) is 12.8 Å². The normalized spacial score (nSPS) is 15.3. The van der Waals surface area contributed by atoms with E-state index in [2.05, 4.69) is 10.1 Å². The summed E-state index contributed by atoms with van der Waals surface area (Å²) >= 11 is 0. The van der Waals surface area contributed by atoms with Crippen molar-refractivity contribution in [2.75, 3.05) is 6.54 Å². The highest BCUT2D eigenvalue weighted by Gasteiger charge is 2.30. The van der Waals surface area contributed by atoms with E-state index >= 15 is 0 Å². The number of ketones is 1. The maximum Gasteiger partial charge on any atom is 0.573 e. The van der Waals surface area contributed by atoms with Crippen LogP contribution in [-0.2, 0) is 11.2 Å². The molecular weight excluding hydrogens is 259 g/mol. The Morgan fingerprint density at radius 2 is 1.89 bits per heavy atom. The first-order valence-electron chi connectivity index (χ1n) is 6.02. The zero-order valence-electron chi connectivity index (χ0n) is 10.2. The summed E-state index contributed by atoms with van der Waals surface area (Å²) in [4.78, 5) is 11.6. The van der Waals surface area contributed by atoms with Crippen molar-refractivity contribution in [3.8, 4) is 5.75 Å². The van der Waals surface area contributed by atoms with Gasteiger partial charge in [-0.05, 0) is 30.5 Å². The zero-order valence-corrected chi connectivity index (χ0v) is 10.2. The van der Waals surface area contributed by atoms with Gasteiger partial charge in [-0.3, -0.25) is 4.79 Å². The van der Waals surface area contributed by atoms with E-state index in [1.807, 2.05) is 0 Å². The number of halogens is 3. The monoisotopic (exact) mass is 273 g/mol. The molecule has 2 rings (SSSR count). The molecule has 0 amide bonds. The van der Waals surface area contributed by atoms with Crippen LogP contribution in [0.5, 0.6) is 5.75 Å². The minimum absolute atomic E-state index is 0.0244. The van der Waals surface area contributed by atoms with Crippen LogP contribution in [0.2, 0.25) is 0 Å². The highest BCUT2D eigenvalue weighted by Crippen LogP contribution is 2.23. The molecule has 104 valence electrons. The number of benzene rings is 1. The summed E-state index contributed by atoms with van der Waals surface area (Å²) in [6, 6.07) is 5.83. The Balaban J connectivity index is 1.81. The Labute approximate surface area is 108 Å². The topological polar surface area (TPSA) is 38.3 Å². The van der Waals surface area contributed by atoms with Gasteiger partial charge in [0.2, 0.25) is 0 Å². The molecule has 0 aliphatic heterocycles. The molecular formula is C13H14F3NO2. The van der Waals surface area contributed by atoms with Gasteiger partial charge in [0.25, 0.3) is 0 Å². The molecule has 1 aliphatic carbocycles. The molecule has 0 bridgehead atoms. The smallest absolute Gasteiger partial charge is 0.406 e. The number of alkyl halides is 3. The molecule has 0 atom stereocenters. The van der Waals surface area contributed by atoms with Crippen LogP contribution in [0, 0.1) is 0 Å². The minimum atomic E-state index is -4.69. The summed E-state index contributed by atoms with van der Waals surface area (Å²) in [6.07, 6.45) is -2.26. The average Bonchev–Trinajstić information content (AvgIpc) is 3.11. The number of ether oxygens (including phenoxy) is 1. The van der Waals surface area contributed by atoms with E-state index in [1.54, 1.807) is 0 Å². The third kappa shape index (κ3) is 5.30. The molecule has 1 fully saturated rings. The molecule has 0 saturated heterocycles. The predicted molar refractivity (Wildman–Crippen MR) is 62.9 cm³/mol. The molecule has 19 heavy (non-hydrogen) atoms.